The maximum Gasteiger partial charge on any atom is 0.265 e. The first-order chi connectivity index (χ1) is 15.1. The topological polar surface area (TPSA) is 67.7 Å². The van der Waals surface area contributed by atoms with Gasteiger partial charge in [0.25, 0.3) is 11.5 Å². The fraction of sp³-hybridized carbons (Fsp3) is 0.348. The molecule has 1 amide bonds. The Balaban J connectivity index is 1.37. The van der Waals surface area contributed by atoms with Gasteiger partial charge in [0.2, 0.25) is 0 Å². The largest absolute Gasteiger partial charge is 0.493 e. The molecular weight excluding hydrogens is 399 g/mol. The van der Waals surface area contributed by atoms with E-state index in [1.54, 1.807) is 27.9 Å². The molecule has 0 bridgehead atoms. The lowest BCUT2D eigenvalue weighted by Crippen LogP contribution is -2.49. The van der Waals surface area contributed by atoms with E-state index in [1.165, 1.54) is 24.3 Å². The molecule has 1 aliphatic heterocycles. The van der Waals surface area contributed by atoms with Crippen molar-refractivity contribution in [3.05, 3.63) is 70.5 Å². The zero-order chi connectivity index (χ0) is 21.8. The lowest BCUT2D eigenvalue weighted by Gasteiger charge is -2.34. The average molecular weight is 424 g/mol. The molecule has 1 aliphatic rings. The Bertz CT molecular complexity index is 1120. The smallest absolute Gasteiger partial charge is 0.265 e. The molecule has 0 atom stereocenters. The van der Waals surface area contributed by atoms with E-state index < -0.39 is 0 Å². The van der Waals surface area contributed by atoms with Gasteiger partial charge in [0.05, 0.1) is 18.5 Å². The van der Waals surface area contributed by atoms with Crippen molar-refractivity contribution in [3.8, 4) is 5.75 Å². The van der Waals surface area contributed by atoms with Gasteiger partial charge in [-0.2, -0.15) is 0 Å². The quantitative estimate of drug-likeness (QED) is 0.608. The standard InChI is InChI=1S/C23H25FN4O3/c1-2-31-20-5-3-4-19-21(20)23(30)28(16-25-19)15-12-26-10-13-27(14-11-26)22(29)17-6-8-18(24)9-7-17/h3-9,16H,2,10-15H2,1H3. The fourth-order valence-electron chi connectivity index (χ4n) is 3.80. The van der Waals surface area contributed by atoms with Gasteiger partial charge in [0.15, 0.2) is 0 Å². The summed E-state index contributed by atoms with van der Waals surface area (Å²) in [7, 11) is 0. The Hall–Kier alpha value is -3.26. The summed E-state index contributed by atoms with van der Waals surface area (Å²) in [5, 5.41) is 0.501. The number of amides is 1. The third-order valence-electron chi connectivity index (χ3n) is 5.52. The van der Waals surface area contributed by atoms with E-state index in [9.17, 15) is 14.0 Å². The van der Waals surface area contributed by atoms with Gasteiger partial charge in [-0.1, -0.05) is 6.07 Å². The van der Waals surface area contributed by atoms with Crippen molar-refractivity contribution in [3.63, 3.8) is 0 Å². The Labute approximate surface area is 179 Å². The number of benzene rings is 2. The number of rotatable bonds is 6. The molecule has 4 rings (SSSR count). The molecule has 7 nitrogen and oxygen atoms in total. The lowest BCUT2D eigenvalue weighted by atomic mass is 10.2. The van der Waals surface area contributed by atoms with Crippen molar-refractivity contribution in [2.45, 2.75) is 13.5 Å². The van der Waals surface area contributed by atoms with Crippen molar-refractivity contribution in [2.75, 3.05) is 39.3 Å². The second-order valence-corrected chi connectivity index (χ2v) is 7.47. The Morgan fingerprint density at radius 1 is 1.06 bits per heavy atom. The molecule has 3 aromatic rings. The van der Waals surface area contributed by atoms with Crippen molar-refractivity contribution in [1.29, 1.82) is 0 Å². The highest BCUT2D eigenvalue weighted by atomic mass is 19.1. The van der Waals surface area contributed by atoms with E-state index in [-0.39, 0.29) is 17.3 Å². The molecule has 31 heavy (non-hydrogen) atoms. The third-order valence-corrected chi connectivity index (χ3v) is 5.52. The number of hydrogen-bond acceptors (Lipinski definition) is 5. The molecule has 1 aromatic heterocycles. The van der Waals surface area contributed by atoms with Gasteiger partial charge in [-0.25, -0.2) is 9.37 Å². The maximum absolute atomic E-state index is 13.1. The number of aromatic nitrogens is 2. The van der Waals surface area contributed by atoms with E-state index in [4.69, 9.17) is 4.74 Å². The monoisotopic (exact) mass is 424 g/mol. The van der Waals surface area contributed by atoms with E-state index in [1.807, 2.05) is 13.0 Å². The molecule has 0 spiro atoms. The third kappa shape index (κ3) is 4.59. The molecule has 0 unspecified atom stereocenters. The number of halogens is 1. The number of carbonyl (C=O) groups is 1. The molecule has 0 saturated carbocycles. The molecular formula is C23H25FN4O3. The fourth-order valence-corrected chi connectivity index (χ4v) is 3.80. The van der Waals surface area contributed by atoms with Crippen LogP contribution in [0, 0.1) is 5.82 Å². The van der Waals surface area contributed by atoms with E-state index in [2.05, 4.69) is 9.88 Å². The molecule has 8 heteroatoms. The van der Waals surface area contributed by atoms with Crippen LogP contribution in [0.1, 0.15) is 17.3 Å². The lowest BCUT2D eigenvalue weighted by molar-refractivity contribution is 0.0633. The van der Waals surface area contributed by atoms with Crippen LogP contribution < -0.4 is 10.3 Å². The Morgan fingerprint density at radius 3 is 2.52 bits per heavy atom. The molecule has 0 N–H and O–H groups in total. The highest BCUT2D eigenvalue weighted by Crippen LogP contribution is 2.20. The minimum atomic E-state index is -0.354. The summed E-state index contributed by atoms with van der Waals surface area (Å²) in [5.74, 6) is 0.117. The van der Waals surface area contributed by atoms with Crippen LogP contribution in [0.25, 0.3) is 10.9 Å². The summed E-state index contributed by atoms with van der Waals surface area (Å²) in [5.41, 5.74) is 1.01. The van der Waals surface area contributed by atoms with E-state index >= 15 is 0 Å². The predicted octanol–water partition coefficient (Wildman–Crippen LogP) is 2.39. The van der Waals surface area contributed by atoms with Crippen LogP contribution in [-0.4, -0.2) is 64.6 Å². The number of piperazine rings is 1. The van der Waals surface area contributed by atoms with Gasteiger partial charge in [-0.05, 0) is 43.3 Å². The zero-order valence-corrected chi connectivity index (χ0v) is 17.5. The predicted molar refractivity (Wildman–Crippen MR) is 116 cm³/mol. The molecule has 2 heterocycles. The van der Waals surface area contributed by atoms with Gasteiger partial charge >= 0.3 is 0 Å². The van der Waals surface area contributed by atoms with Crippen molar-refractivity contribution in [2.24, 2.45) is 0 Å². The summed E-state index contributed by atoms with van der Waals surface area (Å²) in [6.07, 6.45) is 1.58. The number of carbonyl (C=O) groups excluding carboxylic acids is 1. The first kappa shape index (κ1) is 21.0. The second-order valence-electron chi connectivity index (χ2n) is 7.47. The van der Waals surface area contributed by atoms with Crippen LogP contribution in [0.15, 0.2) is 53.6 Å². The normalized spacial score (nSPS) is 14.7. The number of hydrogen-bond donors (Lipinski definition) is 0. The summed E-state index contributed by atoms with van der Waals surface area (Å²) in [4.78, 5) is 33.9. The highest BCUT2D eigenvalue weighted by Gasteiger charge is 2.22. The van der Waals surface area contributed by atoms with Gasteiger partial charge in [-0.3, -0.25) is 19.1 Å². The Morgan fingerprint density at radius 2 is 1.81 bits per heavy atom. The molecule has 2 aromatic carbocycles. The molecule has 162 valence electrons. The molecule has 1 saturated heterocycles. The summed E-state index contributed by atoms with van der Waals surface area (Å²) < 4.78 is 20.3. The second kappa shape index (κ2) is 9.26. The summed E-state index contributed by atoms with van der Waals surface area (Å²) in [6.45, 7) is 6.17. The first-order valence-electron chi connectivity index (χ1n) is 10.4. The van der Waals surface area contributed by atoms with Crippen molar-refractivity contribution in [1.82, 2.24) is 19.4 Å². The minimum absolute atomic E-state index is 0.0851. The molecule has 0 radical (unpaired) electrons. The van der Waals surface area contributed by atoms with Crippen LogP contribution in [0.2, 0.25) is 0 Å². The molecule has 1 fully saturated rings. The first-order valence-corrected chi connectivity index (χ1v) is 10.4. The van der Waals surface area contributed by atoms with Crippen LogP contribution in [0.5, 0.6) is 5.75 Å². The Kier molecular flexibility index (Phi) is 6.27. The maximum atomic E-state index is 13.1. The highest BCUT2D eigenvalue weighted by molar-refractivity contribution is 5.94. The zero-order valence-electron chi connectivity index (χ0n) is 17.5. The van der Waals surface area contributed by atoms with Crippen LogP contribution >= 0.6 is 0 Å². The number of nitrogens with zero attached hydrogens (tertiary/aromatic N) is 4. The van der Waals surface area contributed by atoms with Crippen LogP contribution in [0.3, 0.4) is 0 Å². The minimum Gasteiger partial charge on any atom is -0.493 e. The van der Waals surface area contributed by atoms with Crippen molar-refractivity contribution >= 4 is 16.8 Å². The number of ether oxygens (including phenoxy) is 1. The van der Waals surface area contributed by atoms with Crippen LogP contribution in [0.4, 0.5) is 4.39 Å². The van der Waals surface area contributed by atoms with Crippen molar-refractivity contribution < 1.29 is 13.9 Å². The molecule has 0 aliphatic carbocycles. The van der Waals surface area contributed by atoms with Crippen LogP contribution in [-0.2, 0) is 6.54 Å². The van der Waals surface area contributed by atoms with E-state index in [0.717, 1.165) is 0 Å². The van der Waals surface area contributed by atoms with Gasteiger partial charge in [0.1, 0.15) is 17.0 Å². The van der Waals surface area contributed by atoms with Gasteiger partial charge < -0.3 is 9.64 Å². The van der Waals surface area contributed by atoms with Gasteiger partial charge in [-0.15, -0.1) is 0 Å². The summed E-state index contributed by atoms with van der Waals surface area (Å²) in [6, 6.07) is 11.1. The SMILES string of the molecule is CCOc1cccc2ncn(CCN3CCN(C(=O)c4ccc(F)cc4)CC3)c(=O)c12. The van der Waals surface area contributed by atoms with E-state index in [0.29, 0.717) is 68.1 Å². The van der Waals surface area contributed by atoms with Gasteiger partial charge in [0, 0.05) is 44.8 Å². The average Bonchev–Trinajstić information content (AvgIpc) is 2.79. The number of fused-ring (bicyclic) bond motifs is 1. The summed E-state index contributed by atoms with van der Waals surface area (Å²) >= 11 is 0.